The molecule has 154 valence electrons. The van der Waals surface area contributed by atoms with Gasteiger partial charge in [0.1, 0.15) is 12.4 Å². The second-order valence-electron chi connectivity index (χ2n) is 6.21. The highest BCUT2D eigenvalue weighted by atomic mass is 127. The summed E-state index contributed by atoms with van der Waals surface area (Å²) in [6, 6.07) is 7.86. The number of hydrogen-bond acceptors (Lipinski definition) is 4. The molecule has 1 aromatic carbocycles. The highest BCUT2D eigenvalue weighted by Gasteiger charge is 2.24. The van der Waals surface area contributed by atoms with E-state index in [1.54, 1.807) is 7.11 Å². The van der Waals surface area contributed by atoms with Crippen molar-refractivity contribution in [2.75, 3.05) is 59.7 Å². The zero-order chi connectivity index (χ0) is 18.6. The summed E-state index contributed by atoms with van der Waals surface area (Å²) >= 11 is 3.45. The lowest BCUT2D eigenvalue weighted by molar-refractivity contribution is 0.0536. The fourth-order valence-corrected chi connectivity index (χ4v) is 3.23. The van der Waals surface area contributed by atoms with Gasteiger partial charge in [-0.15, -0.1) is 24.0 Å². The Morgan fingerprint density at radius 1 is 1.33 bits per heavy atom. The Hall–Kier alpha value is -0.580. The number of halogens is 2. The molecule has 0 bridgehead atoms. The van der Waals surface area contributed by atoms with Crippen molar-refractivity contribution in [1.29, 1.82) is 0 Å². The van der Waals surface area contributed by atoms with Gasteiger partial charge in [0.25, 0.3) is 0 Å². The molecule has 0 aromatic heterocycles. The molecule has 1 fully saturated rings. The molecule has 6 nitrogen and oxygen atoms in total. The summed E-state index contributed by atoms with van der Waals surface area (Å²) < 4.78 is 17.5. The molecule has 1 aliphatic rings. The van der Waals surface area contributed by atoms with Crippen molar-refractivity contribution >= 4 is 45.9 Å². The Labute approximate surface area is 188 Å². The van der Waals surface area contributed by atoms with Crippen molar-refractivity contribution < 1.29 is 14.2 Å². The van der Waals surface area contributed by atoms with E-state index in [0.29, 0.717) is 32.3 Å². The number of nitrogens with one attached hydrogen (secondary N) is 1. The summed E-state index contributed by atoms with van der Waals surface area (Å²) in [4.78, 5) is 7.02. The zero-order valence-corrected chi connectivity index (χ0v) is 20.1. The van der Waals surface area contributed by atoms with E-state index in [9.17, 15) is 0 Å². The first-order chi connectivity index (χ1) is 12.7. The number of likely N-dealkylation sites (tertiary alicyclic amines) is 1. The SMILES string of the molecule is CCNC(=NCCOc1cccc(Br)c1)N1CCC(COCCOC)C1.I. The average Bonchev–Trinajstić information content (AvgIpc) is 3.10. The van der Waals surface area contributed by atoms with Crippen LogP contribution in [0.25, 0.3) is 0 Å². The minimum Gasteiger partial charge on any atom is -0.492 e. The monoisotopic (exact) mass is 555 g/mol. The minimum absolute atomic E-state index is 0. The van der Waals surface area contributed by atoms with Crippen LogP contribution in [0.5, 0.6) is 5.75 Å². The van der Waals surface area contributed by atoms with Crippen LogP contribution < -0.4 is 10.1 Å². The van der Waals surface area contributed by atoms with Crippen LogP contribution in [0.1, 0.15) is 13.3 Å². The Bertz CT molecular complexity index is 563. The molecule has 27 heavy (non-hydrogen) atoms. The van der Waals surface area contributed by atoms with Crippen molar-refractivity contribution in [1.82, 2.24) is 10.2 Å². The van der Waals surface area contributed by atoms with E-state index in [-0.39, 0.29) is 24.0 Å². The molecule has 2 rings (SSSR count). The molecule has 0 radical (unpaired) electrons. The summed E-state index contributed by atoms with van der Waals surface area (Å²) in [5, 5.41) is 3.38. The first kappa shape index (κ1) is 24.5. The van der Waals surface area contributed by atoms with E-state index in [1.165, 1.54) is 0 Å². The lowest BCUT2D eigenvalue weighted by Gasteiger charge is -2.21. The highest BCUT2D eigenvalue weighted by molar-refractivity contribution is 14.0. The Morgan fingerprint density at radius 3 is 2.93 bits per heavy atom. The van der Waals surface area contributed by atoms with E-state index in [0.717, 1.165) is 48.8 Å². The van der Waals surface area contributed by atoms with Crippen molar-refractivity contribution in [2.45, 2.75) is 13.3 Å². The predicted octanol–water partition coefficient (Wildman–Crippen LogP) is 3.40. The maximum atomic E-state index is 5.76. The molecule has 0 spiro atoms. The summed E-state index contributed by atoms with van der Waals surface area (Å²) in [6.45, 7) is 8.22. The van der Waals surface area contributed by atoms with Crippen LogP contribution in [0.4, 0.5) is 0 Å². The molecule has 1 heterocycles. The molecule has 0 aliphatic carbocycles. The predicted molar refractivity (Wildman–Crippen MR) is 123 cm³/mol. The molecular weight excluding hydrogens is 525 g/mol. The minimum atomic E-state index is 0. The standard InChI is InChI=1S/C19H30BrN3O3.HI/c1-3-21-19(22-8-10-26-18-6-4-5-17(20)13-18)23-9-7-16(14-23)15-25-12-11-24-2;/h4-6,13,16H,3,7-12,14-15H2,1-2H3,(H,21,22);1H. The Kier molecular flexibility index (Phi) is 13.1. The first-order valence-corrected chi connectivity index (χ1v) is 10.0. The molecule has 1 aromatic rings. The van der Waals surface area contributed by atoms with Gasteiger partial charge in [0.05, 0.1) is 26.4 Å². The maximum Gasteiger partial charge on any atom is 0.194 e. The van der Waals surface area contributed by atoms with Crippen LogP contribution in [0, 0.1) is 5.92 Å². The summed E-state index contributed by atoms with van der Waals surface area (Å²) in [5.74, 6) is 2.37. The van der Waals surface area contributed by atoms with Crippen LogP contribution in [-0.4, -0.2) is 70.6 Å². The summed E-state index contributed by atoms with van der Waals surface area (Å²) in [5.41, 5.74) is 0. The molecule has 1 aliphatic heterocycles. The van der Waals surface area contributed by atoms with Gasteiger partial charge in [-0.2, -0.15) is 0 Å². The third-order valence-electron chi connectivity index (χ3n) is 4.12. The summed E-state index contributed by atoms with van der Waals surface area (Å²) in [6.07, 6.45) is 1.13. The van der Waals surface area contributed by atoms with Crippen LogP contribution in [-0.2, 0) is 9.47 Å². The van der Waals surface area contributed by atoms with Crippen molar-refractivity contribution in [2.24, 2.45) is 10.9 Å². The average molecular weight is 556 g/mol. The number of guanidine groups is 1. The molecule has 1 N–H and O–H groups in total. The third kappa shape index (κ3) is 9.45. The molecule has 1 saturated heterocycles. The number of nitrogens with zero attached hydrogens (tertiary/aromatic N) is 2. The number of methoxy groups -OCH3 is 1. The van der Waals surface area contributed by atoms with E-state index in [2.05, 4.69) is 33.1 Å². The van der Waals surface area contributed by atoms with Gasteiger partial charge in [-0.1, -0.05) is 22.0 Å². The van der Waals surface area contributed by atoms with Crippen molar-refractivity contribution in [3.63, 3.8) is 0 Å². The van der Waals surface area contributed by atoms with Crippen LogP contribution >= 0.6 is 39.9 Å². The van der Waals surface area contributed by atoms with Crippen molar-refractivity contribution in [3.8, 4) is 5.75 Å². The Morgan fingerprint density at radius 2 is 2.19 bits per heavy atom. The zero-order valence-electron chi connectivity index (χ0n) is 16.2. The number of benzene rings is 1. The van der Waals surface area contributed by atoms with Gasteiger partial charge in [0, 0.05) is 37.1 Å². The first-order valence-electron chi connectivity index (χ1n) is 9.21. The van der Waals surface area contributed by atoms with Gasteiger partial charge < -0.3 is 24.4 Å². The van der Waals surface area contributed by atoms with E-state index in [4.69, 9.17) is 19.2 Å². The fourth-order valence-electron chi connectivity index (χ4n) is 2.85. The Balaban J connectivity index is 0.00000364. The number of rotatable bonds is 10. The van der Waals surface area contributed by atoms with E-state index < -0.39 is 0 Å². The van der Waals surface area contributed by atoms with E-state index in [1.807, 2.05) is 24.3 Å². The van der Waals surface area contributed by atoms with Gasteiger partial charge in [-0.05, 0) is 31.5 Å². The maximum absolute atomic E-state index is 5.76. The number of ether oxygens (including phenoxy) is 3. The molecule has 0 saturated carbocycles. The topological polar surface area (TPSA) is 55.3 Å². The van der Waals surface area contributed by atoms with Gasteiger partial charge in [0.15, 0.2) is 5.96 Å². The molecule has 8 heteroatoms. The quantitative estimate of drug-likeness (QED) is 0.207. The van der Waals surface area contributed by atoms with Gasteiger partial charge in [0.2, 0.25) is 0 Å². The second-order valence-corrected chi connectivity index (χ2v) is 7.13. The smallest absolute Gasteiger partial charge is 0.194 e. The molecule has 1 unspecified atom stereocenters. The third-order valence-corrected chi connectivity index (χ3v) is 4.62. The largest absolute Gasteiger partial charge is 0.492 e. The van der Waals surface area contributed by atoms with Gasteiger partial charge in [-0.3, -0.25) is 0 Å². The van der Waals surface area contributed by atoms with Crippen molar-refractivity contribution in [3.05, 3.63) is 28.7 Å². The lowest BCUT2D eigenvalue weighted by atomic mass is 10.1. The molecule has 0 amide bonds. The van der Waals surface area contributed by atoms with Crippen LogP contribution in [0.3, 0.4) is 0 Å². The lowest BCUT2D eigenvalue weighted by Crippen LogP contribution is -2.40. The highest BCUT2D eigenvalue weighted by Crippen LogP contribution is 2.18. The van der Waals surface area contributed by atoms with Gasteiger partial charge >= 0.3 is 0 Å². The van der Waals surface area contributed by atoms with Gasteiger partial charge in [-0.25, -0.2) is 4.99 Å². The van der Waals surface area contributed by atoms with Crippen LogP contribution in [0.2, 0.25) is 0 Å². The normalized spacial score (nSPS) is 16.9. The van der Waals surface area contributed by atoms with Crippen LogP contribution in [0.15, 0.2) is 33.7 Å². The molecule has 1 atom stereocenters. The van der Waals surface area contributed by atoms with E-state index >= 15 is 0 Å². The summed E-state index contributed by atoms with van der Waals surface area (Å²) in [7, 11) is 1.69. The fraction of sp³-hybridized carbons (Fsp3) is 0.632. The second kappa shape index (κ2) is 14.4. The number of aliphatic imine (C=N–C) groups is 1. The number of hydrogen-bond donors (Lipinski definition) is 1. The molecular formula is C19H31BrIN3O3.